The van der Waals surface area contributed by atoms with Crippen LogP contribution in [0.4, 0.5) is 0 Å². The number of aryl methyl sites for hydroxylation is 1. The number of hydrogen-bond acceptors (Lipinski definition) is 4. The van der Waals surface area contributed by atoms with E-state index in [4.69, 9.17) is 4.42 Å². The molecule has 2 unspecified atom stereocenters. The minimum Gasteiger partial charge on any atom is -0.507 e. The first-order valence-electron chi connectivity index (χ1n) is 11.0. The maximum absolute atomic E-state index is 11.9. The molecule has 0 aliphatic heterocycles. The third-order valence-electron chi connectivity index (χ3n) is 6.65. The highest BCUT2D eigenvalue weighted by Crippen LogP contribution is 2.45. The van der Waals surface area contributed by atoms with Crippen molar-refractivity contribution in [3.05, 3.63) is 63.3 Å². The highest BCUT2D eigenvalue weighted by Gasteiger charge is 2.40. The van der Waals surface area contributed by atoms with E-state index >= 15 is 0 Å². The van der Waals surface area contributed by atoms with Crippen LogP contribution in [-0.4, -0.2) is 16.3 Å². The van der Waals surface area contributed by atoms with Gasteiger partial charge in [-0.05, 0) is 70.6 Å². The van der Waals surface area contributed by atoms with E-state index in [-0.39, 0.29) is 17.3 Å². The minimum absolute atomic E-state index is 0.000818. The monoisotopic (exact) mass is 414 g/mol. The number of aliphatic hydroxyl groups is 1. The summed E-state index contributed by atoms with van der Waals surface area (Å²) in [5, 5.41) is 20.3. The third-order valence-corrected chi connectivity index (χ3v) is 6.65. The van der Waals surface area contributed by atoms with Crippen LogP contribution in [0.2, 0.25) is 0 Å². The predicted molar refractivity (Wildman–Crippen MR) is 123 cm³/mol. The lowest BCUT2D eigenvalue weighted by Gasteiger charge is -2.44. The average molecular weight is 415 g/mol. The Balaban J connectivity index is 1.85. The summed E-state index contributed by atoms with van der Waals surface area (Å²) in [7, 11) is 0. The van der Waals surface area contributed by atoms with Gasteiger partial charge in [-0.25, -0.2) is 4.79 Å². The van der Waals surface area contributed by atoms with Gasteiger partial charge in [0.2, 0.25) is 0 Å². The Morgan fingerprint density at radius 3 is 2.60 bits per heavy atom. The summed E-state index contributed by atoms with van der Waals surface area (Å²) in [5.41, 5.74) is 3.56. The molecule has 1 aromatic heterocycles. The molecule has 4 heteroatoms. The van der Waals surface area contributed by atoms with Crippen LogP contribution in [0.15, 0.2) is 50.7 Å². The predicted octanol–water partition coefficient (Wildman–Crippen LogP) is 6.00. The Hall–Kier alpha value is -2.07. The van der Waals surface area contributed by atoms with Gasteiger partial charge in [0.05, 0.1) is 11.7 Å². The van der Waals surface area contributed by atoms with E-state index in [1.807, 2.05) is 13.0 Å². The van der Waals surface area contributed by atoms with E-state index in [2.05, 4.69) is 33.4 Å². The van der Waals surface area contributed by atoms with Gasteiger partial charge < -0.3 is 14.6 Å². The second-order valence-corrected chi connectivity index (χ2v) is 9.48. The molecule has 1 aliphatic rings. The fourth-order valence-corrected chi connectivity index (χ4v) is 4.41. The van der Waals surface area contributed by atoms with Crippen molar-refractivity contribution < 1.29 is 14.6 Å². The Morgan fingerprint density at radius 2 is 1.93 bits per heavy atom. The second kappa shape index (κ2) is 10.3. The highest BCUT2D eigenvalue weighted by atomic mass is 16.4. The van der Waals surface area contributed by atoms with E-state index in [0.717, 1.165) is 38.5 Å². The summed E-state index contributed by atoms with van der Waals surface area (Å²) in [5.74, 6) is 0.776. The standard InChI is InChI=1S/C26H38O4/c1-17(10-13-21-23(27)16-20(4)30-25(21)29)8-7-9-18(2)11-14-22-19(3)12-15-24(28)26(22,5)6/h9-10,16,22,24,27-28H,3,7-8,11-15H2,1-2,4-6H3. The maximum atomic E-state index is 11.9. The summed E-state index contributed by atoms with van der Waals surface area (Å²) >= 11 is 0. The van der Waals surface area contributed by atoms with Crippen LogP contribution < -0.4 is 5.63 Å². The van der Waals surface area contributed by atoms with Crippen molar-refractivity contribution in [1.82, 2.24) is 0 Å². The normalized spacial score (nSPS) is 22.4. The van der Waals surface area contributed by atoms with Crippen LogP contribution in [0.1, 0.15) is 77.5 Å². The smallest absolute Gasteiger partial charge is 0.343 e. The zero-order chi connectivity index (χ0) is 22.5. The van der Waals surface area contributed by atoms with Crippen molar-refractivity contribution in [1.29, 1.82) is 0 Å². The largest absolute Gasteiger partial charge is 0.507 e. The van der Waals surface area contributed by atoms with Crippen LogP contribution >= 0.6 is 0 Å². The zero-order valence-electron chi connectivity index (χ0n) is 19.3. The van der Waals surface area contributed by atoms with Crippen molar-refractivity contribution in [2.24, 2.45) is 11.3 Å². The fourth-order valence-electron chi connectivity index (χ4n) is 4.41. The number of aliphatic hydroxyl groups excluding tert-OH is 1. The van der Waals surface area contributed by atoms with Crippen LogP contribution in [0.5, 0.6) is 5.75 Å². The molecule has 1 heterocycles. The highest BCUT2D eigenvalue weighted by molar-refractivity contribution is 5.31. The van der Waals surface area contributed by atoms with Gasteiger partial charge in [0.25, 0.3) is 0 Å². The molecule has 1 fully saturated rings. The summed E-state index contributed by atoms with van der Waals surface area (Å²) < 4.78 is 5.06. The van der Waals surface area contributed by atoms with E-state index in [1.165, 1.54) is 22.8 Å². The maximum Gasteiger partial charge on any atom is 0.343 e. The van der Waals surface area contributed by atoms with Gasteiger partial charge in [0, 0.05) is 12.5 Å². The summed E-state index contributed by atoms with van der Waals surface area (Å²) in [4.78, 5) is 11.9. The van der Waals surface area contributed by atoms with Crippen LogP contribution in [0, 0.1) is 18.3 Å². The molecule has 0 spiro atoms. The lowest BCUT2D eigenvalue weighted by atomic mass is 9.63. The van der Waals surface area contributed by atoms with E-state index < -0.39 is 5.63 Å². The molecular weight excluding hydrogens is 376 g/mol. The molecule has 0 aromatic carbocycles. The average Bonchev–Trinajstić information content (AvgIpc) is 2.64. The van der Waals surface area contributed by atoms with Gasteiger partial charge in [-0.2, -0.15) is 0 Å². The van der Waals surface area contributed by atoms with Crippen molar-refractivity contribution in [3.63, 3.8) is 0 Å². The molecular formula is C26H38O4. The third kappa shape index (κ3) is 6.21. The molecule has 1 aliphatic carbocycles. The molecule has 0 amide bonds. The van der Waals surface area contributed by atoms with Gasteiger partial charge in [0.15, 0.2) is 0 Å². The zero-order valence-corrected chi connectivity index (χ0v) is 19.3. The van der Waals surface area contributed by atoms with Crippen molar-refractivity contribution >= 4 is 0 Å². The Morgan fingerprint density at radius 1 is 1.27 bits per heavy atom. The molecule has 2 N–H and O–H groups in total. The molecule has 166 valence electrons. The Labute approximate surface area is 181 Å². The van der Waals surface area contributed by atoms with E-state index in [0.29, 0.717) is 23.7 Å². The number of rotatable bonds is 8. The van der Waals surface area contributed by atoms with Crippen LogP contribution in [0.3, 0.4) is 0 Å². The molecule has 0 bridgehead atoms. The molecule has 0 saturated heterocycles. The van der Waals surface area contributed by atoms with Gasteiger partial charge in [-0.1, -0.05) is 49.3 Å². The van der Waals surface area contributed by atoms with E-state index in [9.17, 15) is 15.0 Å². The van der Waals surface area contributed by atoms with Crippen LogP contribution in [-0.2, 0) is 6.42 Å². The molecule has 4 nitrogen and oxygen atoms in total. The first-order chi connectivity index (χ1) is 14.0. The number of aromatic hydroxyl groups is 1. The van der Waals surface area contributed by atoms with Gasteiger partial charge in [0.1, 0.15) is 11.5 Å². The molecule has 1 saturated carbocycles. The Bertz CT molecular complexity index is 870. The van der Waals surface area contributed by atoms with Gasteiger partial charge in [-0.15, -0.1) is 0 Å². The molecule has 1 aromatic rings. The van der Waals surface area contributed by atoms with E-state index in [1.54, 1.807) is 6.92 Å². The van der Waals surface area contributed by atoms with Crippen LogP contribution in [0.25, 0.3) is 0 Å². The topological polar surface area (TPSA) is 70.7 Å². The SMILES string of the molecule is C=C1CCC(O)C(C)(C)C1CCC(C)=CCCC(C)=CCc1c(O)cc(C)oc1=O. The van der Waals surface area contributed by atoms with Crippen molar-refractivity contribution in [3.8, 4) is 5.75 Å². The summed E-state index contributed by atoms with van der Waals surface area (Å²) in [6, 6.07) is 1.48. The molecule has 0 radical (unpaired) electrons. The fraction of sp³-hybridized carbons (Fsp3) is 0.577. The molecule has 2 rings (SSSR count). The molecule has 30 heavy (non-hydrogen) atoms. The Kier molecular flexibility index (Phi) is 8.31. The summed E-state index contributed by atoms with van der Waals surface area (Å²) in [6.45, 7) is 14.4. The number of allylic oxidation sites excluding steroid dienone is 5. The molecule has 2 atom stereocenters. The summed E-state index contributed by atoms with van der Waals surface area (Å²) in [6.07, 6.45) is 10.1. The quantitative estimate of drug-likeness (QED) is 0.512. The first-order valence-corrected chi connectivity index (χ1v) is 11.0. The minimum atomic E-state index is -0.468. The van der Waals surface area contributed by atoms with Crippen molar-refractivity contribution in [2.75, 3.05) is 0 Å². The van der Waals surface area contributed by atoms with Gasteiger partial charge in [-0.3, -0.25) is 0 Å². The number of hydrogen-bond donors (Lipinski definition) is 2. The van der Waals surface area contributed by atoms with Crippen molar-refractivity contribution in [2.45, 2.75) is 85.7 Å². The van der Waals surface area contributed by atoms with Gasteiger partial charge >= 0.3 is 5.63 Å². The second-order valence-electron chi connectivity index (χ2n) is 9.48. The lowest BCUT2D eigenvalue weighted by molar-refractivity contribution is -0.00880. The lowest BCUT2D eigenvalue weighted by Crippen LogP contribution is -2.41. The first kappa shape index (κ1) is 24.2.